The summed E-state index contributed by atoms with van der Waals surface area (Å²) in [6, 6.07) is 6.61. The molecule has 0 unspecified atom stereocenters. The largest absolute Gasteiger partial charge is 0.381 e. The average molecular weight is 590 g/mol. The minimum Gasteiger partial charge on any atom is -0.381 e. The number of rotatable bonds is 10. The minimum atomic E-state index is -0.0262. The summed E-state index contributed by atoms with van der Waals surface area (Å²) < 4.78 is 12.7. The number of piperazine rings is 1. The number of hydrogen-bond donors (Lipinski definition) is 1. The molecule has 0 bridgehead atoms. The molecular formula is C32H43N7O4. The van der Waals surface area contributed by atoms with E-state index >= 15 is 0 Å². The van der Waals surface area contributed by atoms with Crippen LogP contribution in [-0.4, -0.2) is 92.7 Å². The van der Waals surface area contributed by atoms with Gasteiger partial charge in [-0.1, -0.05) is 13.8 Å². The molecule has 1 saturated carbocycles. The van der Waals surface area contributed by atoms with Crippen molar-refractivity contribution in [3.8, 4) is 11.1 Å². The lowest BCUT2D eigenvalue weighted by molar-refractivity contribution is -0.143. The Hall–Kier alpha value is -3.41. The number of nitrogens with one attached hydrogen (secondary N) is 1. The predicted molar refractivity (Wildman–Crippen MR) is 162 cm³/mol. The van der Waals surface area contributed by atoms with Gasteiger partial charge in [0.2, 0.25) is 11.8 Å². The Morgan fingerprint density at radius 1 is 1.05 bits per heavy atom. The molecule has 3 fully saturated rings. The lowest BCUT2D eigenvalue weighted by Gasteiger charge is -2.50. The van der Waals surface area contributed by atoms with E-state index in [1.165, 1.54) is 0 Å². The maximum absolute atomic E-state index is 13.1. The number of aromatic nitrogens is 4. The van der Waals surface area contributed by atoms with Gasteiger partial charge >= 0.3 is 0 Å². The highest BCUT2D eigenvalue weighted by Gasteiger charge is 2.42. The molecule has 2 aliphatic heterocycles. The van der Waals surface area contributed by atoms with E-state index < -0.39 is 0 Å². The fourth-order valence-electron chi connectivity index (χ4n) is 6.54. The number of anilines is 1. The van der Waals surface area contributed by atoms with Gasteiger partial charge in [-0.3, -0.25) is 14.5 Å². The fraction of sp³-hybridized carbons (Fsp3) is 0.594. The van der Waals surface area contributed by atoms with E-state index in [1.807, 2.05) is 36.8 Å². The summed E-state index contributed by atoms with van der Waals surface area (Å²) in [6.45, 7) is 9.19. The van der Waals surface area contributed by atoms with Gasteiger partial charge in [0, 0.05) is 93.6 Å². The third-order valence-corrected chi connectivity index (χ3v) is 9.17. The van der Waals surface area contributed by atoms with Crippen LogP contribution in [0.3, 0.4) is 0 Å². The van der Waals surface area contributed by atoms with E-state index in [2.05, 4.69) is 44.0 Å². The molecule has 3 aromatic rings. The first-order chi connectivity index (χ1) is 21.0. The monoisotopic (exact) mass is 589 g/mol. The first-order valence-electron chi connectivity index (χ1n) is 15.8. The lowest BCUT2D eigenvalue weighted by atomic mass is 9.77. The third-order valence-electron chi connectivity index (χ3n) is 9.17. The normalized spacial score (nSPS) is 23.3. The van der Waals surface area contributed by atoms with Crippen LogP contribution in [0.2, 0.25) is 0 Å². The molecule has 3 aliphatic rings. The third kappa shape index (κ3) is 6.73. The number of carbonyl (C=O) groups excluding carboxylic acids is 2. The molecule has 1 atom stereocenters. The molecule has 5 heterocycles. The van der Waals surface area contributed by atoms with Crippen LogP contribution in [0.4, 0.5) is 5.82 Å². The summed E-state index contributed by atoms with van der Waals surface area (Å²) in [7, 11) is 0. The Labute approximate surface area is 253 Å². The molecule has 6 rings (SSSR count). The highest BCUT2D eigenvalue weighted by Crippen LogP contribution is 2.36. The van der Waals surface area contributed by atoms with Crippen LogP contribution < -0.4 is 5.32 Å². The lowest BCUT2D eigenvalue weighted by Crippen LogP contribution is -2.61. The van der Waals surface area contributed by atoms with Gasteiger partial charge in [-0.05, 0) is 56.2 Å². The summed E-state index contributed by atoms with van der Waals surface area (Å²) >= 11 is 0. The first kappa shape index (κ1) is 29.7. The second-order valence-corrected chi connectivity index (χ2v) is 12.0. The molecule has 230 valence electrons. The van der Waals surface area contributed by atoms with Crippen molar-refractivity contribution in [3.05, 3.63) is 42.6 Å². The van der Waals surface area contributed by atoms with Crippen molar-refractivity contribution in [1.29, 1.82) is 0 Å². The summed E-state index contributed by atoms with van der Waals surface area (Å²) in [4.78, 5) is 39.7. The number of pyridine rings is 1. The highest BCUT2D eigenvalue weighted by molar-refractivity contribution is 5.93. The van der Waals surface area contributed by atoms with Crippen molar-refractivity contribution < 1.29 is 19.1 Å². The quantitative estimate of drug-likeness (QED) is 0.356. The van der Waals surface area contributed by atoms with Crippen molar-refractivity contribution in [2.45, 2.75) is 71.1 Å². The number of fused-ring (bicyclic) bond motifs is 1. The zero-order chi connectivity index (χ0) is 29.8. The highest BCUT2D eigenvalue weighted by atomic mass is 16.5. The molecule has 11 heteroatoms. The van der Waals surface area contributed by atoms with E-state index in [9.17, 15) is 9.59 Å². The maximum atomic E-state index is 13.1. The number of hydrogen-bond acceptors (Lipinski definition) is 8. The smallest absolute Gasteiger partial charge is 0.228 e. The first-order valence-corrected chi connectivity index (χ1v) is 15.8. The van der Waals surface area contributed by atoms with E-state index in [4.69, 9.17) is 9.47 Å². The van der Waals surface area contributed by atoms with Crippen LogP contribution in [0.1, 0.15) is 58.2 Å². The number of amides is 2. The molecule has 2 amide bonds. The summed E-state index contributed by atoms with van der Waals surface area (Å²) in [5.74, 6) is 1.62. The van der Waals surface area contributed by atoms with Crippen molar-refractivity contribution in [3.63, 3.8) is 0 Å². The molecule has 11 nitrogen and oxygen atoms in total. The molecule has 1 N–H and O–H groups in total. The SMILES string of the molecule is CCCOCc1ncc(-c2ccn3nc(NC(=O)C4CC(N5CCN(C(=O)C6CCOCC6)C[C@@H]5CC)C4)cc3c2)cn1. The van der Waals surface area contributed by atoms with Crippen molar-refractivity contribution in [1.82, 2.24) is 29.4 Å². The topological polar surface area (TPSA) is 114 Å². The zero-order valence-corrected chi connectivity index (χ0v) is 25.3. The Kier molecular flexibility index (Phi) is 9.30. The van der Waals surface area contributed by atoms with Crippen LogP contribution >= 0.6 is 0 Å². The summed E-state index contributed by atoms with van der Waals surface area (Å²) in [6.07, 6.45) is 10.8. The maximum Gasteiger partial charge on any atom is 0.228 e. The van der Waals surface area contributed by atoms with Gasteiger partial charge < -0.3 is 19.7 Å². The molecule has 2 saturated heterocycles. The van der Waals surface area contributed by atoms with E-state index in [-0.39, 0.29) is 17.7 Å². The van der Waals surface area contributed by atoms with Gasteiger partial charge in [0.05, 0.1) is 5.52 Å². The molecule has 1 aliphatic carbocycles. The Morgan fingerprint density at radius 2 is 1.84 bits per heavy atom. The molecular weight excluding hydrogens is 546 g/mol. The molecule has 0 aromatic carbocycles. The number of ether oxygens (including phenoxy) is 2. The molecule has 0 radical (unpaired) electrons. The van der Waals surface area contributed by atoms with Crippen LogP contribution in [0.25, 0.3) is 16.6 Å². The van der Waals surface area contributed by atoms with Crippen molar-refractivity contribution >= 4 is 23.1 Å². The van der Waals surface area contributed by atoms with Crippen molar-refractivity contribution in [2.24, 2.45) is 11.8 Å². The summed E-state index contributed by atoms with van der Waals surface area (Å²) in [5, 5.41) is 7.60. The predicted octanol–water partition coefficient (Wildman–Crippen LogP) is 3.78. The minimum absolute atomic E-state index is 0.0236. The van der Waals surface area contributed by atoms with Crippen LogP contribution in [0.5, 0.6) is 0 Å². The van der Waals surface area contributed by atoms with Gasteiger partial charge in [-0.2, -0.15) is 5.10 Å². The fourth-order valence-corrected chi connectivity index (χ4v) is 6.54. The van der Waals surface area contributed by atoms with Crippen LogP contribution in [0.15, 0.2) is 36.8 Å². The van der Waals surface area contributed by atoms with E-state index in [1.54, 1.807) is 4.52 Å². The van der Waals surface area contributed by atoms with Crippen LogP contribution in [0, 0.1) is 11.8 Å². The molecule has 43 heavy (non-hydrogen) atoms. The van der Waals surface area contributed by atoms with E-state index in [0.717, 1.165) is 74.8 Å². The Bertz CT molecular complexity index is 1400. The van der Waals surface area contributed by atoms with Gasteiger partial charge in [-0.25, -0.2) is 14.5 Å². The van der Waals surface area contributed by atoms with Gasteiger partial charge in [0.25, 0.3) is 0 Å². The number of nitrogens with zero attached hydrogens (tertiary/aromatic N) is 6. The van der Waals surface area contributed by atoms with E-state index in [0.29, 0.717) is 56.1 Å². The van der Waals surface area contributed by atoms with Gasteiger partial charge in [-0.15, -0.1) is 0 Å². The molecule has 3 aromatic heterocycles. The second kappa shape index (κ2) is 13.5. The van der Waals surface area contributed by atoms with Crippen molar-refractivity contribution in [2.75, 3.05) is 44.8 Å². The second-order valence-electron chi connectivity index (χ2n) is 12.0. The Morgan fingerprint density at radius 3 is 2.58 bits per heavy atom. The average Bonchev–Trinajstić information content (AvgIpc) is 3.42. The van der Waals surface area contributed by atoms with Crippen LogP contribution in [-0.2, 0) is 25.7 Å². The standard InChI is InChI=1S/C32H43N7O4/c1-3-11-43-21-30-33-18-25(19-34-30)23-5-8-39-28(14-23)17-29(36-39)35-31(40)24-15-27(16-24)38-10-9-37(20-26(38)4-2)32(41)22-6-12-42-13-7-22/h5,8,14,17-19,22,24,26-27H,3-4,6-7,9-13,15-16,20-21H2,1-2H3,(H,35,36,40)/t24?,26-,27?/m0/s1. The molecule has 0 spiro atoms. The van der Waals surface area contributed by atoms with Gasteiger partial charge in [0.1, 0.15) is 6.61 Å². The zero-order valence-electron chi connectivity index (χ0n) is 25.3. The Balaban J connectivity index is 1.01. The van der Waals surface area contributed by atoms with Gasteiger partial charge in [0.15, 0.2) is 11.6 Å². The number of carbonyl (C=O) groups is 2. The summed E-state index contributed by atoms with van der Waals surface area (Å²) in [5.41, 5.74) is 2.77.